The molecule has 2 aliphatic heterocycles. The molecule has 0 radical (unpaired) electrons. The van der Waals surface area contributed by atoms with E-state index in [4.69, 9.17) is 14.2 Å². The van der Waals surface area contributed by atoms with Crippen LogP contribution in [-0.2, 0) is 19.4 Å². The second kappa shape index (κ2) is 8.11. The number of hydrogen-bond donors (Lipinski definition) is 0. The lowest BCUT2D eigenvalue weighted by atomic mass is 10.1. The van der Waals surface area contributed by atoms with Crippen molar-refractivity contribution in [3.63, 3.8) is 0 Å². The molecule has 0 saturated heterocycles. The number of para-hydroxylation sites is 2. The predicted octanol–water partition coefficient (Wildman–Crippen LogP) is 4.24. The average Bonchev–Trinajstić information content (AvgIpc) is 3.46. The summed E-state index contributed by atoms with van der Waals surface area (Å²) in [6.45, 7) is 1.88. The number of carbonyl (C=O) groups is 1. The fraction of sp³-hybridized carbons (Fsp3) is 0.240. The van der Waals surface area contributed by atoms with Gasteiger partial charge in [0.2, 0.25) is 6.79 Å². The Kier molecular flexibility index (Phi) is 5.01. The number of benzene rings is 3. The Balaban J connectivity index is 1.44. The smallest absolute Gasteiger partial charge is 0.257 e. The van der Waals surface area contributed by atoms with Crippen LogP contribution in [0.25, 0.3) is 0 Å². The molecule has 152 valence electrons. The van der Waals surface area contributed by atoms with Gasteiger partial charge in [-0.05, 0) is 29.7 Å². The van der Waals surface area contributed by atoms with Crippen LogP contribution in [0.4, 0.5) is 0 Å². The average molecular weight is 401 g/mol. The van der Waals surface area contributed by atoms with E-state index in [0.29, 0.717) is 25.3 Å². The second-order valence-corrected chi connectivity index (χ2v) is 7.51. The largest absolute Gasteiger partial charge is 0.492 e. The van der Waals surface area contributed by atoms with Gasteiger partial charge in [-0.15, -0.1) is 0 Å². The van der Waals surface area contributed by atoms with Gasteiger partial charge >= 0.3 is 0 Å². The summed E-state index contributed by atoms with van der Waals surface area (Å²) in [5.74, 6) is 2.16. The van der Waals surface area contributed by atoms with E-state index in [1.165, 1.54) is 5.56 Å². The Bertz CT molecular complexity index is 1060. The summed E-state index contributed by atoms with van der Waals surface area (Å²) in [5, 5.41) is 0. The molecule has 30 heavy (non-hydrogen) atoms. The highest BCUT2D eigenvalue weighted by molar-refractivity contribution is 5.97. The molecular formula is C25H23NO4. The first-order chi connectivity index (χ1) is 14.8. The molecule has 0 aliphatic carbocycles. The van der Waals surface area contributed by atoms with E-state index < -0.39 is 0 Å². The molecule has 5 nitrogen and oxygen atoms in total. The quantitative estimate of drug-likeness (QED) is 0.620. The summed E-state index contributed by atoms with van der Waals surface area (Å²) in [6.07, 6.45) is 1.62. The first-order valence-electron chi connectivity index (χ1n) is 10.2. The van der Waals surface area contributed by atoms with Crippen molar-refractivity contribution in [1.82, 2.24) is 4.90 Å². The van der Waals surface area contributed by atoms with Crippen molar-refractivity contribution in [2.24, 2.45) is 0 Å². The molecule has 0 bridgehead atoms. The highest BCUT2D eigenvalue weighted by atomic mass is 16.7. The van der Waals surface area contributed by atoms with Gasteiger partial charge in [0.1, 0.15) is 5.75 Å². The van der Waals surface area contributed by atoms with Gasteiger partial charge in [0.05, 0.1) is 12.2 Å². The van der Waals surface area contributed by atoms with Crippen molar-refractivity contribution in [3.8, 4) is 17.2 Å². The molecule has 5 heteroatoms. The number of hydrogen-bond acceptors (Lipinski definition) is 4. The summed E-state index contributed by atoms with van der Waals surface area (Å²) in [4.78, 5) is 15.5. The zero-order valence-electron chi connectivity index (χ0n) is 16.7. The van der Waals surface area contributed by atoms with E-state index in [9.17, 15) is 4.79 Å². The van der Waals surface area contributed by atoms with Gasteiger partial charge in [0, 0.05) is 25.1 Å². The molecule has 0 N–H and O–H groups in total. The maximum absolute atomic E-state index is 13.6. The maximum Gasteiger partial charge on any atom is 0.257 e. The van der Waals surface area contributed by atoms with Gasteiger partial charge in [0.25, 0.3) is 5.91 Å². The number of nitrogens with zero attached hydrogens (tertiary/aromatic N) is 1. The number of fused-ring (bicyclic) bond motifs is 2. The number of rotatable bonds is 6. The van der Waals surface area contributed by atoms with Crippen molar-refractivity contribution >= 4 is 5.91 Å². The van der Waals surface area contributed by atoms with Crippen LogP contribution in [0, 0.1) is 0 Å². The fourth-order valence-electron chi connectivity index (χ4n) is 4.04. The Hall–Kier alpha value is -3.47. The first-order valence-corrected chi connectivity index (χ1v) is 10.2. The van der Waals surface area contributed by atoms with Crippen LogP contribution in [0.1, 0.15) is 27.0 Å². The van der Waals surface area contributed by atoms with Crippen LogP contribution in [0.5, 0.6) is 17.2 Å². The van der Waals surface area contributed by atoms with E-state index in [0.717, 1.165) is 41.2 Å². The van der Waals surface area contributed by atoms with Crippen molar-refractivity contribution in [2.75, 3.05) is 19.9 Å². The molecule has 0 unspecified atom stereocenters. The predicted molar refractivity (Wildman–Crippen MR) is 113 cm³/mol. The minimum Gasteiger partial charge on any atom is -0.492 e. The molecule has 2 heterocycles. The van der Waals surface area contributed by atoms with Gasteiger partial charge < -0.3 is 19.1 Å². The van der Waals surface area contributed by atoms with E-state index in [-0.39, 0.29) is 12.7 Å². The van der Waals surface area contributed by atoms with Crippen molar-refractivity contribution in [1.29, 1.82) is 0 Å². The Morgan fingerprint density at radius 3 is 2.63 bits per heavy atom. The molecule has 0 saturated carbocycles. The van der Waals surface area contributed by atoms with E-state index >= 15 is 0 Å². The number of carbonyl (C=O) groups excluding carboxylic acids is 1. The van der Waals surface area contributed by atoms with Gasteiger partial charge in [0.15, 0.2) is 11.5 Å². The monoisotopic (exact) mass is 401 g/mol. The van der Waals surface area contributed by atoms with Crippen LogP contribution in [-0.4, -0.2) is 30.8 Å². The molecule has 3 aromatic rings. The van der Waals surface area contributed by atoms with Gasteiger partial charge in [-0.1, -0.05) is 54.6 Å². The molecule has 0 spiro atoms. The molecular weight excluding hydrogens is 378 g/mol. The van der Waals surface area contributed by atoms with Crippen LogP contribution in [0.3, 0.4) is 0 Å². The molecule has 0 aromatic heterocycles. The fourth-order valence-corrected chi connectivity index (χ4v) is 4.04. The lowest BCUT2D eigenvalue weighted by molar-refractivity contribution is 0.0740. The lowest BCUT2D eigenvalue weighted by Crippen LogP contribution is -2.33. The summed E-state index contributed by atoms with van der Waals surface area (Å²) in [6, 6.07) is 21.9. The third-order valence-electron chi connectivity index (χ3n) is 5.58. The molecule has 5 rings (SSSR count). The Labute approximate surface area is 175 Å². The van der Waals surface area contributed by atoms with Crippen LogP contribution in [0.15, 0.2) is 66.7 Å². The molecule has 0 fully saturated rings. The van der Waals surface area contributed by atoms with E-state index in [1.807, 2.05) is 59.5 Å². The first kappa shape index (κ1) is 18.6. The van der Waals surface area contributed by atoms with Gasteiger partial charge in [-0.25, -0.2) is 0 Å². The number of ether oxygens (including phenoxy) is 3. The van der Waals surface area contributed by atoms with Gasteiger partial charge in [-0.2, -0.15) is 0 Å². The zero-order valence-corrected chi connectivity index (χ0v) is 16.7. The van der Waals surface area contributed by atoms with E-state index in [1.54, 1.807) is 0 Å². The summed E-state index contributed by atoms with van der Waals surface area (Å²) >= 11 is 0. The highest BCUT2D eigenvalue weighted by Crippen LogP contribution is 2.37. The lowest BCUT2D eigenvalue weighted by Gasteiger charge is -2.24. The van der Waals surface area contributed by atoms with Crippen LogP contribution < -0.4 is 14.2 Å². The number of amides is 1. The van der Waals surface area contributed by atoms with Crippen molar-refractivity contribution in [3.05, 3.63) is 89.0 Å². The normalized spacial score (nSPS) is 13.6. The third-order valence-corrected chi connectivity index (χ3v) is 5.58. The van der Waals surface area contributed by atoms with Crippen LogP contribution in [0.2, 0.25) is 0 Å². The minimum atomic E-state index is -0.0267. The third kappa shape index (κ3) is 3.59. The Morgan fingerprint density at radius 1 is 0.867 bits per heavy atom. The van der Waals surface area contributed by atoms with Crippen molar-refractivity contribution < 1.29 is 19.0 Å². The molecule has 0 atom stereocenters. The summed E-state index contributed by atoms with van der Waals surface area (Å²) < 4.78 is 17.0. The minimum absolute atomic E-state index is 0.0267. The molecule has 2 aliphatic rings. The van der Waals surface area contributed by atoms with Crippen LogP contribution >= 0.6 is 0 Å². The Morgan fingerprint density at radius 2 is 1.73 bits per heavy atom. The summed E-state index contributed by atoms with van der Waals surface area (Å²) in [5.41, 5.74) is 3.87. The van der Waals surface area contributed by atoms with E-state index in [2.05, 4.69) is 12.1 Å². The van der Waals surface area contributed by atoms with Gasteiger partial charge in [-0.3, -0.25) is 4.79 Å². The second-order valence-electron chi connectivity index (χ2n) is 7.51. The SMILES string of the molecule is O=C(c1cccc2c1OCC2)N(CCc1ccccc1)Cc1cccc2c1OCO2. The maximum atomic E-state index is 13.6. The van der Waals surface area contributed by atoms with Crippen molar-refractivity contribution in [2.45, 2.75) is 19.4 Å². The topological polar surface area (TPSA) is 48.0 Å². The zero-order chi connectivity index (χ0) is 20.3. The standard InChI is InChI=1S/C25H23NO4/c27-25(21-10-4-8-19-13-15-28-23(19)21)26(14-12-18-6-2-1-3-7-18)16-20-9-5-11-22-24(20)30-17-29-22/h1-11H,12-17H2. The highest BCUT2D eigenvalue weighted by Gasteiger charge is 2.26. The summed E-state index contributed by atoms with van der Waals surface area (Å²) in [7, 11) is 0. The molecule has 3 aromatic carbocycles. The molecule has 1 amide bonds.